The van der Waals surface area contributed by atoms with Crippen LogP contribution >= 0.6 is 23.2 Å². The Kier molecular flexibility index (Phi) is 3.86. The lowest BCUT2D eigenvalue weighted by Gasteiger charge is -2.13. The second kappa shape index (κ2) is 5.38. The summed E-state index contributed by atoms with van der Waals surface area (Å²) in [4.78, 5) is 1.85. The molecule has 0 unspecified atom stereocenters. The molecule has 0 aliphatic rings. The van der Waals surface area contributed by atoms with Gasteiger partial charge in [-0.1, -0.05) is 28.8 Å². The Morgan fingerprint density at radius 3 is 2.53 bits per heavy atom. The van der Waals surface area contributed by atoms with E-state index in [9.17, 15) is 0 Å². The summed E-state index contributed by atoms with van der Waals surface area (Å²) < 4.78 is 5.34. The maximum absolute atomic E-state index is 5.82. The van der Waals surface area contributed by atoms with Gasteiger partial charge in [0.25, 0.3) is 0 Å². The van der Waals surface area contributed by atoms with Crippen molar-refractivity contribution < 1.29 is 4.42 Å². The van der Waals surface area contributed by atoms with Gasteiger partial charge in [-0.25, -0.2) is 0 Å². The number of rotatable bonds is 4. The third-order valence-electron chi connectivity index (χ3n) is 2.23. The number of hydrogen-bond donors (Lipinski definition) is 0. The average Bonchev–Trinajstić information content (AvgIpc) is 2.81. The molecule has 0 radical (unpaired) electrons. The molecule has 1 heterocycles. The van der Waals surface area contributed by atoms with E-state index >= 15 is 0 Å². The summed E-state index contributed by atoms with van der Waals surface area (Å²) in [7, 11) is 1.88. The molecular formula is C11H11Cl2N3O. The van der Waals surface area contributed by atoms with Crippen molar-refractivity contribution in [2.45, 2.75) is 12.4 Å². The van der Waals surface area contributed by atoms with E-state index in [4.69, 9.17) is 27.6 Å². The zero-order valence-electron chi connectivity index (χ0n) is 9.23. The van der Waals surface area contributed by atoms with Crippen molar-refractivity contribution in [3.05, 3.63) is 40.7 Å². The summed E-state index contributed by atoms with van der Waals surface area (Å²) in [5.41, 5.74) is 1.11. The summed E-state index contributed by atoms with van der Waals surface area (Å²) in [6.07, 6.45) is 0. The SMILES string of the molecule is CN(Cc1ccc(Cl)cc1)c1nnc(CCl)o1. The van der Waals surface area contributed by atoms with Crippen LogP contribution in [-0.2, 0) is 12.4 Å². The largest absolute Gasteiger partial charge is 0.407 e. The number of anilines is 1. The molecule has 6 heteroatoms. The smallest absolute Gasteiger partial charge is 0.318 e. The predicted molar refractivity (Wildman–Crippen MR) is 67.4 cm³/mol. The molecule has 0 spiro atoms. The van der Waals surface area contributed by atoms with Crippen molar-refractivity contribution in [3.8, 4) is 0 Å². The summed E-state index contributed by atoms with van der Waals surface area (Å²) in [5, 5.41) is 8.42. The van der Waals surface area contributed by atoms with Crippen LogP contribution in [0, 0.1) is 0 Å². The molecule has 2 rings (SSSR count). The molecule has 0 N–H and O–H groups in total. The molecule has 2 aromatic rings. The predicted octanol–water partition coefficient (Wildman–Crippen LogP) is 3.10. The van der Waals surface area contributed by atoms with E-state index in [1.54, 1.807) is 0 Å². The summed E-state index contributed by atoms with van der Waals surface area (Å²) >= 11 is 11.4. The molecule has 0 saturated carbocycles. The van der Waals surface area contributed by atoms with Gasteiger partial charge in [-0.15, -0.1) is 16.7 Å². The van der Waals surface area contributed by atoms with Gasteiger partial charge < -0.3 is 9.32 Å². The van der Waals surface area contributed by atoms with Crippen molar-refractivity contribution in [1.82, 2.24) is 10.2 Å². The highest BCUT2D eigenvalue weighted by Crippen LogP contribution is 2.16. The first kappa shape index (κ1) is 12.2. The Morgan fingerprint density at radius 1 is 1.24 bits per heavy atom. The second-order valence-corrected chi connectivity index (χ2v) is 4.30. The topological polar surface area (TPSA) is 42.2 Å². The molecule has 1 aromatic carbocycles. The van der Waals surface area contributed by atoms with Crippen LogP contribution in [0.15, 0.2) is 28.7 Å². The molecule has 1 aromatic heterocycles. The van der Waals surface area contributed by atoms with Crippen molar-refractivity contribution in [2.24, 2.45) is 0 Å². The summed E-state index contributed by atoms with van der Waals surface area (Å²) in [6, 6.07) is 8.07. The maximum Gasteiger partial charge on any atom is 0.318 e. The van der Waals surface area contributed by atoms with Gasteiger partial charge in [0, 0.05) is 18.6 Å². The third kappa shape index (κ3) is 3.11. The maximum atomic E-state index is 5.82. The number of alkyl halides is 1. The van der Waals surface area contributed by atoms with E-state index in [0.29, 0.717) is 18.5 Å². The van der Waals surface area contributed by atoms with E-state index in [1.807, 2.05) is 36.2 Å². The molecule has 0 atom stereocenters. The normalized spacial score (nSPS) is 10.5. The van der Waals surface area contributed by atoms with Gasteiger partial charge >= 0.3 is 6.01 Å². The van der Waals surface area contributed by atoms with Gasteiger partial charge in [-0.05, 0) is 17.7 Å². The average molecular weight is 272 g/mol. The van der Waals surface area contributed by atoms with Gasteiger partial charge in [0.15, 0.2) is 0 Å². The number of halogens is 2. The van der Waals surface area contributed by atoms with Crippen molar-refractivity contribution in [3.63, 3.8) is 0 Å². The molecule has 90 valence electrons. The Balaban J connectivity index is 2.05. The standard InChI is InChI=1S/C11H11Cl2N3O/c1-16(11-15-14-10(6-12)17-11)7-8-2-4-9(13)5-3-8/h2-5H,6-7H2,1H3. The number of benzene rings is 1. The molecule has 0 saturated heterocycles. The Bertz CT molecular complexity index is 484. The van der Waals surface area contributed by atoms with Crippen molar-refractivity contribution >= 4 is 29.2 Å². The molecular weight excluding hydrogens is 261 g/mol. The molecule has 4 nitrogen and oxygen atoms in total. The highest BCUT2D eigenvalue weighted by molar-refractivity contribution is 6.30. The molecule has 17 heavy (non-hydrogen) atoms. The number of aromatic nitrogens is 2. The van der Waals surface area contributed by atoms with Gasteiger partial charge in [0.1, 0.15) is 5.88 Å². The van der Waals surface area contributed by atoms with Gasteiger partial charge in [-0.3, -0.25) is 0 Å². The van der Waals surface area contributed by atoms with E-state index in [0.717, 1.165) is 10.6 Å². The van der Waals surface area contributed by atoms with Crippen molar-refractivity contribution in [1.29, 1.82) is 0 Å². The minimum atomic E-state index is 0.224. The van der Waals surface area contributed by atoms with Crippen LogP contribution in [0.2, 0.25) is 5.02 Å². The summed E-state index contributed by atoms with van der Waals surface area (Å²) in [5.74, 6) is 0.645. The molecule has 0 aliphatic carbocycles. The van der Waals surface area contributed by atoms with Crippen LogP contribution in [0.1, 0.15) is 11.5 Å². The number of nitrogens with zero attached hydrogens (tertiary/aromatic N) is 3. The van der Waals surface area contributed by atoms with E-state index in [2.05, 4.69) is 10.2 Å². The quantitative estimate of drug-likeness (QED) is 0.802. The first-order valence-electron chi connectivity index (χ1n) is 5.03. The van der Waals surface area contributed by atoms with Crippen LogP contribution in [0.3, 0.4) is 0 Å². The van der Waals surface area contributed by atoms with Crippen LogP contribution in [0.25, 0.3) is 0 Å². The molecule has 0 fully saturated rings. The minimum absolute atomic E-state index is 0.224. The minimum Gasteiger partial charge on any atom is -0.407 e. The molecule has 0 aliphatic heterocycles. The van der Waals surface area contributed by atoms with E-state index in [-0.39, 0.29) is 5.88 Å². The van der Waals surface area contributed by atoms with Crippen LogP contribution in [-0.4, -0.2) is 17.2 Å². The van der Waals surface area contributed by atoms with Crippen molar-refractivity contribution in [2.75, 3.05) is 11.9 Å². The van der Waals surface area contributed by atoms with E-state index < -0.39 is 0 Å². The Hall–Kier alpha value is -1.26. The first-order chi connectivity index (χ1) is 8.19. The van der Waals surface area contributed by atoms with E-state index in [1.165, 1.54) is 0 Å². The lowest BCUT2D eigenvalue weighted by Crippen LogP contribution is -2.16. The fourth-order valence-corrected chi connectivity index (χ4v) is 1.62. The first-order valence-corrected chi connectivity index (χ1v) is 5.94. The van der Waals surface area contributed by atoms with Crippen LogP contribution in [0.5, 0.6) is 0 Å². The van der Waals surface area contributed by atoms with Gasteiger partial charge in [0.05, 0.1) is 0 Å². The monoisotopic (exact) mass is 271 g/mol. The molecule has 0 bridgehead atoms. The summed E-state index contributed by atoms with van der Waals surface area (Å²) in [6.45, 7) is 0.668. The highest BCUT2D eigenvalue weighted by atomic mass is 35.5. The lowest BCUT2D eigenvalue weighted by molar-refractivity contribution is 0.506. The third-order valence-corrected chi connectivity index (χ3v) is 2.71. The fraction of sp³-hybridized carbons (Fsp3) is 0.273. The lowest BCUT2D eigenvalue weighted by atomic mass is 10.2. The fourth-order valence-electron chi connectivity index (χ4n) is 1.38. The number of hydrogen-bond acceptors (Lipinski definition) is 4. The zero-order valence-corrected chi connectivity index (χ0v) is 10.7. The molecule has 0 amide bonds. The Labute approximate surface area is 109 Å². The van der Waals surface area contributed by atoms with Crippen LogP contribution in [0.4, 0.5) is 6.01 Å². The van der Waals surface area contributed by atoms with Crippen LogP contribution < -0.4 is 4.90 Å². The second-order valence-electron chi connectivity index (χ2n) is 3.59. The highest BCUT2D eigenvalue weighted by Gasteiger charge is 2.10. The Morgan fingerprint density at radius 2 is 1.94 bits per heavy atom. The van der Waals surface area contributed by atoms with Gasteiger partial charge in [-0.2, -0.15) is 0 Å². The zero-order chi connectivity index (χ0) is 12.3. The van der Waals surface area contributed by atoms with Gasteiger partial charge in [0.2, 0.25) is 5.89 Å².